The summed E-state index contributed by atoms with van der Waals surface area (Å²) in [5, 5.41) is 9.54. The number of ether oxygens (including phenoxy) is 1. The van der Waals surface area contributed by atoms with Crippen LogP contribution in [0.25, 0.3) is 0 Å². The van der Waals surface area contributed by atoms with Crippen LogP contribution < -0.4 is 16.0 Å². The van der Waals surface area contributed by atoms with Crippen molar-refractivity contribution in [3.8, 4) is 0 Å². The summed E-state index contributed by atoms with van der Waals surface area (Å²) in [4.78, 5) is 19.7. The van der Waals surface area contributed by atoms with Crippen LogP contribution in [0.5, 0.6) is 0 Å². The molecule has 0 bridgehead atoms. The number of hydrogen-bond donors (Lipinski definition) is 3. The van der Waals surface area contributed by atoms with E-state index in [2.05, 4.69) is 25.9 Å². The molecule has 8 heteroatoms. The second-order valence-corrected chi connectivity index (χ2v) is 6.51. The van der Waals surface area contributed by atoms with E-state index in [0.29, 0.717) is 30.7 Å². The first-order chi connectivity index (χ1) is 11.3. The number of halogens is 1. The van der Waals surface area contributed by atoms with Gasteiger partial charge < -0.3 is 20.7 Å². The Balaban J connectivity index is 2.18. The number of nitrogens with zero attached hydrogens (tertiary/aromatic N) is 2. The van der Waals surface area contributed by atoms with Crippen LogP contribution in [0.4, 0.5) is 4.79 Å². The normalized spacial score (nSPS) is 11.8. The Bertz CT molecular complexity index is 540. The molecule has 0 saturated heterocycles. The maximum Gasteiger partial charge on any atom is 0.407 e. The molecule has 3 N–H and O–H groups in total. The first-order valence-corrected chi connectivity index (χ1v) is 8.20. The van der Waals surface area contributed by atoms with Crippen LogP contribution in [-0.2, 0) is 11.3 Å². The fourth-order valence-corrected chi connectivity index (χ4v) is 1.83. The molecule has 1 amide bonds. The third-order valence-corrected chi connectivity index (χ3v) is 3.01. The number of nitrogens with one attached hydrogen (secondary N) is 3. The van der Waals surface area contributed by atoms with E-state index in [9.17, 15) is 4.79 Å². The number of pyridine rings is 1. The summed E-state index contributed by atoms with van der Waals surface area (Å²) < 4.78 is 5.16. The molecule has 0 unspecified atom stereocenters. The third-order valence-electron chi connectivity index (χ3n) is 2.79. The number of aromatic nitrogens is 1. The third kappa shape index (κ3) is 9.19. The number of aliphatic imine (C=N–C) groups is 1. The van der Waals surface area contributed by atoms with Gasteiger partial charge in [-0.2, -0.15) is 0 Å². The Morgan fingerprint density at radius 1 is 1.25 bits per heavy atom. The van der Waals surface area contributed by atoms with Crippen molar-refractivity contribution in [2.24, 2.45) is 4.99 Å². The second-order valence-electron chi connectivity index (χ2n) is 6.12. The lowest BCUT2D eigenvalue weighted by Crippen LogP contribution is -2.39. The number of rotatable bonds is 6. The Kier molecular flexibility index (Phi) is 8.32. The largest absolute Gasteiger partial charge is 0.444 e. The van der Waals surface area contributed by atoms with Crippen LogP contribution in [0.15, 0.2) is 23.3 Å². The minimum atomic E-state index is -0.481. The number of guanidine groups is 1. The summed E-state index contributed by atoms with van der Waals surface area (Å²) in [7, 11) is 1.70. The number of amides is 1. The topological polar surface area (TPSA) is 87.6 Å². The Labute approximate surface area is 148 Å². The fraction of sp³-hybridized carbons (Fsp3) is 0.562. The molecule has 0 radical (unpaired) electrons. The molecule has 7 nitrogen and oxygen atoms in total. The predicted molar refractivity (Wildman–Crippen MR) is 96.3 cm³/mol. The molecule has 0 aliphatic rings. The Hall–Kier alpha value is -2.02. The molecule has 1 rings (SSSR count). The molecule has 0 saturated carbocycles. The molecule has 0 fully saturated rings. The van der Waals surface area contributed by atoms with E-state index in [-0.39, 0.29) is 0 Å². The average molecular weight is 356 g/mol. The van der Waals surface area contributed by atoms with Gasteiger partial charge in [0.2, 0.25) is 0 Å². The standard InChI is InChI=1S/C16H26ClN5O2/c1-16(2,3)24-15(23)20-9-5-8-19-14(18-4)22-11-12-6-7-13(17)21-10-12/h6-7,10H,5,8-9,11H2,1-4H3,(H,20,23)(H2,18,19,22). The van der Waals surface area contributed by atoms with E-state index in [0.717, 1.165) is 12.0 Å². The summed E-state index contributed by atoms with van der Waals surface area (Å²) in [5.74, 6) is 0.683. The fourth-order valence-electron chi connectivity index (χ4n) is 1.72. The van der Waals surface area contributed by atoms with Crippen LogP contribution in [-0.4, -0.2) is 42.8 Å². The maximum absolute atomic E-state index is 11.5. The summed E-state index contributed by atoms with van der Waals surface area (Å²) in [6.45, 7) is 7.30. The molecule has 1 heterocycles. The van der Waals surface area contributed by atoms with Crippen molar-refractivity contribution in [2.75, 3.05) is 20.1 Å². The highest BCUT2D eigenvalue weighted by atomic mass is 35.5. The van der Waals surface area contributed by atoms with Crippen molar-refractivity contribution in [2.45, 2.75) is 39.3 Å². The maximum atomic E-state index is 11.5. The predicted octanol–water partition coefficient (Wildman–Crippen LogP) is 2.31. The minimum absolute atomic E-state index is 0.403. The van der Waals surface area contributed by atoms with Gasteiger partial charge in [-0.05, 0) is 38.8 Å². The van der Waals surface area contributed by atoms with E-state index >= 15 is 0 Å². The highest BCUT2D eigenvalue weighted by Crippen LogP contribution is 2.06. The van der Waals surface area contributed by atoms with E-state index in [4.69, 9.17) is 16.3 Å². The highest BCUT2D eigenvalue weighted by molar-refractivity contribution is 6.29. The zero-order valence-electron chi connectivity index (χ0n) is 14.6. The monoisotopic (exact) mass is 355 g/mol. The molecule has 0 aliphatic heterocycles. The molecular formula is C16H26ClN5O2. The van der Waals surface area contributed by atoms with E-state index in [1.54, 1.807) is 19.3 Å². The van der Waals surface area contributed by atoms with Crippen molar-refractivity contribution in [1.29, 1.82) is 0 Å². The van der Waals surface area contributed by atoms with Crippen LogP contribution in [0.1, 0.15) is 32.8 Å². The second kappa shape index (κ2) is 9.97. The van der Waals surface area contributed by atoms with Gasteiger partial charge in [-0.3, -0.25) is 4.99 Å². The molecule has 1 aromatic rings. The van der Waals surface area contributed by atoms with Crippen molar-refractivity contribution < 1.29 is 9.53 Å². The molecule has 0 aromatic carbocycles. The van der Waals surface area contributed by atoms with E-state index in [1.807, 2.05) is 26.8 Å². The molecule has 1 aromatic heterocycles. The summed E-state index contributed by atoms with van der Waals surface area (Å²) in [6, 6.07) is 3.65. The van der Waals surface area contributed by atoms with Crippen LogP contribution in [0.3, 0.4) is 0 Å². The van der Waals surface area contributed by atoms with E-state index in [1.165, 1.54) is 0 Å². The van der Waals surface area contributed by atoms with Gasteiger partial charge in [-0.1, -0.05) is 17.7 Å². The van der Waals surface area contributed by atoms with Gasteiger partial charge in [0.25, 0.3) is 0 Å². The molecule has 0 atom stereocenters. The lowest BCUT2D eigenvalue weighted by atomic mass is 10.2. The van der Waals surface area contributed by atoms with Crippen molar-refractivity contribution in [3.63, 3.8) is 0 Å². The van der Waals surface area contributed by atoms with Crippen molar-refractivity contribution >= 4 is 23.7 Å². The van der Waals surface area contributed by atoms with Crippen LogP contribution in [0.2, 0.25) is 5.15 Å². The van der Waals surface area contributed by atoms with Gasteiger partial charge in [0.15, 0.2) is 5.96 Å². The summed E-state index contributed by atoms with van der Waals surface area (Å²) in [6.07, 6.45) is 2.07. The first-order valence-electron chi connectivity index (χ1n) is 7.82. The molecule has 0 spiro atoms. The van der Waals surface area contributed by atoms with Crippen molar-refractivity contribution in [3.05, 3.63) is 29.0 Å². The Morgan fingerprint density at radius 2 is 1.96 bits per heavy atom. The smallest absolute Gasteiger partial charge is 0.407 e. The van der Waals surface area contributed by atoms with Crippen LogP contribution in [0, 0.1) is 0 Å². The van der Waals surface area contributed by atoms with Crippen molar-refractivity contribution in [1.82, 2.24) is 20.9 Å². The zero-order chi connectivity index (χ0) is 18.0. The SMILES string of the molecule is CN=C(NCCCNC(=O)OC(C)(C)C)NCc1ccc(Cl)nc1. The number of carbonyl (C=O) groups excluding carboxylic acids is 1. The van der Waals surface area contributed by atoms with Gasteiger partial charge in [0.1, 0.15) is 10.8 Å². The lowest BCUT2D eigenvalue weighted by Gasteiger charge is -2.19. The van der Waals surface area contributed by atoms with Gasteiger partial charge in [-0.25, -0.2) is 9.78 Å². The van der Waals surface area contributed by atoms with Gasteiger partial charge >= 0.3 is 6.09 Å². The van der Waals surface area contributed by atoms with Gasteiger partial charge in [-0.15, -0.1) is 0 Å². The average Bonchev–Trinajstić information content (AvgIpc) is 2.50. The van der Waals surface area contributed by atoms with Gasteiger partial charge in [0.05, 0.1) is 0 Å². The molecule has 134 valence electrons. The number of hydrogen-bond acceptors (Lipinski definition) is 4. The van der Waals surface area contributed by atoms with Gasteiger partial charge in [0, 0.05) is 32.9 Å². The number of carbonyl (C=O) groups is 1. The minimum Gasteiger partial charge on any atom is -0.444 e. The lowest BCUT2D eigenvalue weighted by molar-refractivity contribution is 0.0527. The molecule has 0 aliphatic carbocycles. The first kappa shape index (κ1) is 20.0. The molecular weight excluding hydrogens is 330 g/mol. The highest BCUT2D eigenvalue weighted by Gasteiger charge is 2.15. The quantitative estimate of drug-likeness (QED) is 0.315. The van der Waals surface area contributed by atoms with Crippen LogP contribution >= 0.6 is 11.6 Å². The Morgan fingerprint density at radius 3 is 2.54 bits per heavy atom. The number of alkyl carbamates (subject to hydrolysis) is 1. The summed E-state index contributed by atoms with van der Waals surface area (Å²) in [5.41, 5.74) is 0.527. The summed E-state index contributed by atoms with van der Waals surface area (Å²) >= 11 is 5.75. The molecule has 24 heavy (non-hydrogen) atoms. The zero-order valence-corrected chi connectivity index (χ0v) is 15.4. The van der Waals surface area contributed by atoms with E-state index < -0.39 is 11.7 Å².